The minimum absolute atomic E-state index is 0.177. The average molecular weight is 350 g/mol. The molecule has 1 aliphatic rings. The van der Waals surface area contributed by atoms with Crippen molar-refractivity contribution in [1.82, 2.24) is 29.5 Å². The van der Waals surface area contributed by atoms with Gasteiger partial charge in [-0.25, -0.2) is 9.50 Å². The van der Waals surface area contributed by atoms with E-state index in [0.717, 1.165) is 35.5 Å². The molecule has 1 aliphatic carbocycles. The van der Waals surface area contributed by atoms with Crippen LogP contribution in [0.2, 0.25) is 0 Å². The Kier molecular flexibility index (Phi) is 4.36. The molecule has 4 rings (SSSR count). The molecule has 1 amide bonds. The number of hydrogen-bond donors (Lipinski definition) is 0. The molecule has 3 heterocycles. The maximum absolute atomic E-state index is 12.9. The number of nitrogens with zero attached hydrogens (tertiary/aromatic N) is 6. The molecule has 7 heteroatoms. The summed E-state index contributed by atoms with van der Waals surface area (Å²) in [6, 6.07) is 6.19. The van der Waals surface area contributed by atoms with Crippen LogP contribution >= 0.6 is 0 Å². The summed E-state index contributed by atoms with van der Waals surface area (Å²) >= 11 is 0. The molecule has 3 aromatic rings. The molecule has 0 radical (unpaired) electrons. The van der Waals surface area contributed by atoms with Crippen molar-refractivity contribution in [3.05, 3.63) is 53.4 Å². The summed E-state index contributed by atoms with van der Waals surface area (Å²) in [6.07, 6.45) is 6.58. The van der Waals surface area contributed by atoms with Crippen molar-refractivity contribution in [3.8, 4) is 0 Å². The molecule has 0 atom stereocenters. The molecule has 1 saturated carbocycles. The summed E-state index contributed by atoms with van der Waals surface area (Å²) in [4.78, 5) is 27.9. The fraction of sp³-hybridized carbons (Fsp3) is 0.421. The maximum atomic E-state index is 12.9. The molecule has 134 valence electrons. The number of amides is 1. The van der Waals surface area contributed by atoms with Crippen LogP contribution in [0.5, 0.6) is 0 Å². The van der Waals surface area contributed by atoms with Crippen molar-refractivity contribution in [1.29, 1.82) is 0 Å². The molecule has 0 unspecified atom stereocenters. The summed E-state index contributed by atoms with van der Waals surface area (Å²) in [5.41, 5.74) is 3.93. The predicted molar refractivity (Wildman–Crippen MR) is 96.4 cm³/mol. The van der Waals surface area contributed by atoms with E-state index in [1.54, 1.807) is 10.7 Å². The largest absolute Gasteiger partial charge is 0.334 e. The number of hydrogen-bond acceptors (Lipinski definition) is 5. The quantitative estimate of drug-likeness (QED) is 0.681. The third-order valence-corrected chi connectivity index (χ3v) is 4.94. The molecule has 0 aromatic carbocycles. The van der Waals surface area contributed by atoms with Gasteiger partial charge in [0.05, 0.1) is 12.2 Å². The smallest absolute Gasteiger partial charge is 0.252 e. The first-order valence-electron chi connectivity index (χ1n) is 8.98. The second kappa shape index (κ2) is 6.82. The van der Waals surface area contributed by atoms with E-state index in [0.29, 0.717) is 31.2 Å². The second-order valence-electron chi connectivity index (χ2n) is 6.81. The lowest BCUT2D eigenvalue weighted by Crippen LogP contribution is -2.33. The minimum Gasteiger partial charge on any atom is -0.334 e. The zero-order valence-corrected chi connectivity index (χ0v) is 15.1. The molecule has 7 nitrogen and oxygen atoms in total. The van der Waals surface area contributed by atoms with E-state index in [1.165, 1.54) is 6.33 Å². The van der Waals surface area contributed by atoms with Crippen molar-refractivity contribution in [3.63, 3.8) is 0 Å². The topological polar surface area (TPSA) is 76.3 Å². The van der Waals surface area contributed by atoms with E-state index in [2.05, 4.69) is 20.1 Å². The number of aromatic nitrogens is 5. The highest BCUT2D eigenvalue weighted by Gasteiger charge is 2.32. The molecule has 0 aliphatic heterocycles. The maximum Gasteiger partial charge on any atom is 0.252 e. The Hall–Kier alpha value is -2.83. The van der Waals surface area contributed by atoms with E-state index >= 15 is 0 Å². The van der Waals surface area contributed by atoms with Gasteiger partial charge in [0.2, 0.25) is 5.91 Å². The average Bonchev–Trinajstić information content (AvgIpc) is 3.37. The third kappa shape index (κ3) is 3.29. The summed E-state index contributed by atoms with van der Waals surface area (Å²) in [5.74, 6) is 0.778. The van der Waals surface area contributed by atoms with Gasteiger partial charge in [-0.1, -0.05) is 6.07 Å². The normalized spacial score (nSPS) is 13.9. The Morgan fingerprint density at radius 1 is 1.27 bits per heavy atom. The first-order valence-corrected chi connectivity index (χ1v) is 8.98. The Morgan fingerprint density at radius 3 is 2.85 bits per heavy atom. The highest BCUT2D eigenvalue weighted by molar-refractivity contribution is 5.77. The number of rotatable bonds is 6. The summed E-state index contributed by atoms with van der Waals surface area (Å²) < 4.78 is 1.74. The summed E-state index contributed by atoms with van der Waals surface area (Å²) in [6.45, 7) is 4.55. The van der Waals surface area contributed by atoms with Gasteiger partial charge in [0.15, 0.2) is 0 Å². The first kappa shape index (κ1) is 16.6. The van der Waals surface area contributed by atoms with Crippen molar-refractivity contribution in [2.24, 2.45) is 0 Å². The van der Waals surface area contributed by atoms with Crippen molar-refractivity contribution < 1.29 is 4.79 Å². The summed E-state index contributed by atoms with van der Waals surface area (Å²) in [7, 11) is 0. The Morgan fingerprint density at radius 2 is 2.12 bits per heavy atom. The standard InChI is InChI=1S/C19H22N6O/c1-13-17(14(2)25-19(23-13)21-12-22-25)8-9-18(26)24(16-6-7-16)11-15-5-3-4-10-20-15/h3-5,10,12,16H,6-9,11H2,1-2H3. The predicted octanol–water partition coefficient (Wildman–Crippen LogP) is 2.26. The molecule has 0 spiro atoms. The van der Waals surface area contributed by atoms with Crippen molar-refractivity contribution >= 4 is 11.7 Å². The van der Waals surface area contributed by atoms with E-state index in [9.17, 15) is 4.79 Å². The molecule has 1 fully saturated rings. The zero-order chi connectivity index (χ0) is 18.1. The molecular formula is C19H22N6O. The van der Waals surface area contributed by atoms with E-state index < -0.39 is 0 Å². The number of fused-ring (bicyclic) bond motifs is 1. The highest BCUT2D eigenvalue weighted by Crippen LogP contribution is 2.29. The van der Waals surface area contributed by atoms with Crippen LogP contribution < -0.4 is 0 Å². The number of pyridine rings is 1. The Labute approximate surface area is 152 Å². The van der Waals surface area contributed by atoms with Crippen LogP contribution in [0.15, 0.2) is 30.7 Å². The Balaban J connectivity index is 1.49. The van der Waals surface area contributed by atoms with Gasteiger partial charge in [0.25, 0.3) is 5.78 Å². The van der Waals surface area contributed by atoms with Crippen LogP contribution in [0, 0.1) is 13.8 Å². The van der Waals surface area contributed by atoms with Gasteiger partial charge in [-0.15, -0.1) is 0 Å². The summed E-state index contributed by atoms with van der Waals surface area (Å²) in [5, 5.41) is 4.22. The van der Waals surface area contributed by atoms with Crippen LogP contribution in [0.3, 0.4) is 0 Å². The van der Waals surface area contributed by atoms with E-state index in [1.807, 2.05) is 36.9 Å². The molecule has 3 aromatic heterocycles. The van der Waals surface area contributed by atoms with E-state index in [4.69, 9.17) is 0 Å². The number of aryl methyl sites for hydroxylation is 2. The lowest BCUT2D eigenvalue weighted by Gasteiger charge is -2.22. The van der Waals surface area contributed by atoms with Crippen molar-refractivity contribution in [2.75, 3.05) is 0 Å². The van der Waals surface area contributed by atoms with E-state index in [-0.39, 0.29) is 5.91 Å². The van der Waals surface area contributed by atoms with Crippen LogP contribution in [0.25, 0.3) is 5.78 Å². The lowest BCUT2D eigenvalue weighted by molar-refractivity contribution is -0.132. The van der Waals surface area contributed by atoms with Gasteiger partial charge in [-0.05, 0) is 50.8 Å². The number of carbonyl (C=O) groups excluding carboxylic acids is 1. The zero-order valence-electron chi connectivity index (χ0n) is 15.1. The minimum atomic E-state index is 0.177. The van der Waals surface area contributed by atoms with Gasteiger partial charge in [-0.2, -0.15) is 10.1 Å². The van der Waals surface area contributed by atoms with Crippen LogP contribution in [0.4, 0.5) is 0 Å². The van der Waals surface area contributed by atoms with Gasteiger partial charge < -0.3 is 4.90 Å². The van der Waals surface area contributed by atoms with Crippen LogP contribution in [0.1, 0.15) is 41.9 Å². The molecule has 0 N–H and O–H groups in total. The van der Waals surface area contributed by atoms with Gasteiger partial charge >= 0.3 is 0 Å². The SMILES string of the molecule is Cc1nc2ncnn2c(C)c1CCC(=O)N(Cc1ccccn1)C1CC1. The van der Waals surface area contributed by atoms with Gasteiger partial charge in [0.1, 0.15) is 6.33 Å². The highest BCUT2D eigenvalue weighted by atomic mass is 16.2. The molecular weight excluding hydrogens is 328 g/mol. The fourth-order valence-electron chi connectivity index (χ4n) is 3.37. The first-order chi connectivity index (χ1) is 12.6. The van der Waals surface area contributed by atoms with Gasteiger partial charge in [-0.3, -0.25) is 9.78 Å². The van der Waals surface area contributed by atoms with Crippen LogP contribution in [-0.4, -0.2) is 41.4 Å². The van der Waals surface area contributed by atoms with Crippen LogP contribution in [-0.2, 0) is 17.8 Å². The number of carbonyl (C=O) groups is 1. The van der Waals surface area contributed by atoms with Crippen molar-refractivity contribution in [2.45, 2.75) is 52.1 Å². The molecule has 0 bridgehead atoms. The second-order valence-corrected chi connectivity index (χ2v) is 6.81. The molecule has 26 heavy (non-hydrogen) atoms. The Bertz CT molecular complexity index is 932. The fourth-order valence-corrected chi connectivity index (χ4v) is 3.37. The lowest BCUT2D eigenvalue weighted by atomic mass is 10.1. The van der Waals surface area contributed by atoms with Gasteiger partial charge in [0, 0.05) is 30.0 Å². The third-order valence-electron chi connectivity index (χ3n) is 4.94. The monoisotopic (exact) mass is 350 g/mol. The molecule has 0 saturated heterocycles.